The Morgan fingerprint density at radius 2 is 2.05 bits per heavy atom. The van der Waals surface area contributed by atoms with Crippen molar-refractivity contribution >= 4 is 17.3 Å². The molecule has 2 aromatic rings. The SMILES string of the molecule is CCc1nc(C(=O)O)c(-c2ccc(COC)cc2)s1. The van der Waals surface area contributed by atoms with Crippen molar-refractivity contribution < 1.29 is 14.6 Å². The quantitative estimate of drug-likeness (QED) is 0.911. The van der Waals surface area contributed by atoms with Gasteiger partial charge in [-0.2, -0.15) is 0 Å². The predicted molar refractivity (Wildman–Crippen MR) is 74.6 cm³/mol. The van der Waals surface area contributed by atoms with Crippen molar-refractivity contribution in [3.8, 4) is 10.4 Å². The smallest absolute Gasteiger partial charge is 0.356 e. The van der Waals surface area contributed by atoms with Gasteiger partial charge in [-0.15, -0.1) is 11.3 Å². The Balaban J connectivity index is 2.39. The van der Waals surface area contributed by atoms with E-state index in [1.807, 2.05) is 31.2 Å². The van der Waals surface area contributed by atoms with Crippen molar-refractivity contribution in [3.63, 3.8) is 0 Å². The van der Waals surface area contributed by atoms with Crippen molar-refractivity contribution in [1.82, 2.24) is 4.98 Å². The van der Waals surface area contributed by atoms with Gasteiger partial charge in [0.25, 0.3) is 0 Å². The monoisotopic (exact) mass is 277 g/mol. The summed E-state index contributed by atoms with van der Waals surface area (Å²) in [7, 11) is 1.65. The Bertz CT molecular complexity index is 575. The second-order valence-electron chi connectivity index (χ2n) is 4.07. The fourth-order valence-corrected chi connectivity index (χ4v) is 2.78. The van der Waals surface area contributed by atoms with Gasteiger partial charge in [-0.3, -0.25) is 0 Å². The zero-order valence-corrected chi connectivity index (χ0v) is 11.7. The maximum Gasteiger partial charge on any atom is 0.356 e. The highest BCUT2D eigenvalue weighted by Gasteiger charge is 2.17. The van der Waals surface area contributed by atoms with Crippen LogP contribution in [0, 0.1) is 0 Å². The molecule has 5 heteroatoms. The van der Waals surface area contributed by atoms with E-state index in [9.17, 15) is 9.90 Å². The van der Waals surface area contributed by atoms with Crippen molar-refractivity contribution in [2.24, 2.45) is 0 Å². The van der Waals surface area contributed by atoms with E-state index in [0.29, 0.717) is 11.5 Å². The van der Waals surface area contributed by atoms with E-state index < -0.39 is 5.97 Å². The second-order valence-corrected chi connectivity index (χ2v) is 5.16. The minimum Gasteiger partial charge on any atom is -0.476 e. The van der Waals surface area contributed by atoms with Crippen LogP contribution in [0.3, 0.4) is 0 Å². The summed E-state index contributed by atoms with van der Waals surface area (Å²) in [4.78, 5) is 16.1. The fourth-order valence-electron chi connectivity index (χ4n) is 1.78. The van der Waals surface area contributed by atoms with Crippen LogP contribution in [0.15, 0.2) is 24.3 Å². The number of hydrogen-bond acceptors (Lipinski definition) is 4. The first kappa shape index (κ1) is 13.7. The van der Waals surface area contributed by atoms with Gasteiger partial charge in [0.15, 0.2) is 5.69 Å². The molecule has 0 saturated carbocycles. The van der Waals surface area contributed by atoms with Gasteiger partial charge in [0.2, 0.25) is 0 Å². The number of benzene rings is 1. The van der Waals surface area contributed by atoms with E-state index in [4.69, 9.17) is 4.74 Å². The van der Waals surface area contributed by atoms with Gasteiger partial charge in [0.1, 0.15) is 0 Å². The lowest BCUT2D eigenvalue weighted by Gasteiger charge is -2.02. The van der Waals surface area contributed by atoms with Gasteiger partial charge in [-0.25, -0.2) is 9.78 Å². The van der Waals surface area contributed by atoms with Crippen molar-refractivity contribution in [3.05, 3.63) is 40.5 Å². The van der Waals surface area contributed by atoms with E-state index in [-0.39, 0.29) is 5.69 Å². The fraction of sp³-hybridized carbons (Fsp3) is 0.286. The van der Waals surface area contributed by atoms with Crippen LogP contribution in [0.1, 0.15) is 28.0 Å². The van der Waals surface area contributed by atoms with E-state index in [2.05, 4.69) is 4.98 Å². The Labute approximate surface area is 115 Å². The minimum absolute atomic E-state index is 0.140. The summed E-state index contributed by atoms with van der Waals surface area (Å²) in [5.41, 5.74) is 2.08. The van der Waals surface area contributed by atoms with Crippen LogP contribution in [0.25, 0.3) is 10.4 Å². The summed E-state index contributed by atoms with van der Waals surface area (Å²) in [5, 5.41) is 10.0. The summed E-state index contributed by atoms with van der Waals surface area (Å²) in [5.74, 6) is -0.980. The number of thiazole rings is 1. The second kappa shape index (κ2) is 5.95. The number of aryl methyl sites for hydroxylation is 1. The van der Waals surface area contributed by atoms with E-state index in [1.165, 1.54) is 11.3 Å². The summed E-state index contributed by atoms with van der Waals surface area (Å²) >= 11 is 1.44. The Hall–Kier alpha value is -1.72. The largest absolute Gasteiger partial charge is 0.476 e. The molecular formula is C14H15NO3S. The number of aromatic carboxylic acids is 1. The number of rotatable bonds is 5. The van der Waals surface area contributed by atoms with Gasteiger partial charge < -0.3 is 9.84 Å². The molecule has 0 unspecified atom stereocenters. The molecule has 0 atom stereocenters. The Kier molecular flexibility index (Phi) is 4.29. The molecule has 2 rings (SSSR count). The van der Waals surface area contributed by atoms with Gasteiger partial charge >= 0.3 is 5.97 Å². The summed E-state index contributed by atoms with van der Waals surface area (Å²) in [6.07, 6.45) is 0.743. The normalized spacial score (nSPS) is 10.6. The minimum atomic E-state index is -0.980. The third kappa shape index (κ3) is 3.00. The first-order chi connectivity index (χ1) is 9.15. The molecule has 1 N–H and O–H groups in total. The molecule has 0 aliphatic rings. The topological polar surface area (TPSA) is 59.4 Å². The highest BCUT2D eigenvalue weighted by molar-refractivity contribution is 7.15. The maximum atomic E-state index is 11.2. The summed E-state index contributed by atoms with van der Waals surface area (Å²) < 4.78 is 5.05. The van der Waals surface area contributed by atoms with E-state index in [1.54, 1.807) is 7.11 Å². The molecule has 1 heterocycles. The maximum absolute atomic E-state index is 11.2. The number of hydrogen-bond donors (Lipinski definition) is 1. The van der Waals surface area contributed by atoms with Gasteiger partial charge in [0.05, 0.1) is 16.5 Å². The van der Waals surface area contributed by atoms with Crippen molar-refractivity contribution in [2.45, 2.75) is 20.0 Å². The molecule has 0 bridgehead atoms. The number of ether oxygens (including phenoxy) is 1. The molecule has 100 valence electrons. The summed E-state index contributed by atoms with van der Waals surface area (Å²) in [6, 6.07) is 7.70. The average molecular weight is 277 g/mol. The number of carboxylic acids is 1. The molecule has 0 spiro atoms. The molecule has 4 nitrogen and oxygen atoms in total. The highest BCUT2D eigenvalue weighted by Crippen LogP contribution is 2.31. The molecule has 19 heavy (non-hydrogen) atoms. The zero-order chi connectivity index (χ0) is 13.8. The Morgan fingerprint density at radius 3 is 2.58 bits per heavy atom. The molecule has 0 fully saturated rings. The van der Waals surface area contributed by atoms with Crippen LogP contribution in [-0.4, -0.2) is 23.2 Å². The number of aromatic nitrogens is 1. The zero-order valence-electron chi connectivity index (χ0n) is 10.8. The van der Waals surface area contributed by atoms with Gasteiger partial charge in [-0.1, -0.05) is 31.2 Å². The van der Waals surface area contributed by atoms with Crippen molar-refractivity contribution in [1.29, 1.82) is 0 Å². The lowest BCUT2D eigenvalue weighted by Crippen LogP contribution is -1.99. The predicted octanol–water partition coefficient (Wildman–Crippen LogP) is 3.22. The van der Waals surface area contributed by atoms with Crippen LogP contribution in [0.2, 0.25) is 0 Å². The van der Waals surface area contributed by atoms with Crippen LogP contribution >= 0.6 is 11.3 Å². The number of methoxy groups -OCH3 is 1. The van der Waals surface area contributed by atoms with Gasteiger partial charge in [-0.05, 0) is 17.5 Å². The molecule has 0 aliphatic carbocycles. The number of carbonyl (C=O) groups is 1. The molecule has 0 radical (unpaired) electrons. The van der Waals surface area contributed by atoms with Crippen LogP contribution in [-0.2, 0) is 17.8 Å². The average Bonchev–Trinajstić information content (AvgIpc) is 2.84. The van der Waals surface area contributed by atoms with Crippen LogP contribution in [0.4, 0.5) is 0 Å². The van der Waals surface area contributed by atoms with Crippen LogP contribution < -0.4 is 0 Å². The van der Waals surface area contributed by atoms with Crippen LogP contribution in [0.5, 0.6) is 0 Å². The number of carboxylic acid groups (broad SMARTS) is 1. The molecular weight excluding hydrogens is 262 g/mol. The van der Waals surface area contributed by atoms with Gasteiger partial charge in [0, 0.05) is 7.11 Å². The van der Waals surface area contributed by atoms with E-state index in [0.717, 1.165) is 22.6 Å². The van der Waals surface area contributed by atoms with Crippen molar-refractivity contribution in [2.75, 3.05) is 7.11 Å². The molecule has 0 saturated heterocycles. The lowest BCUT2D eigenvalue weighted by atomic mass is 10.1. The first-order valence-electron chi connectivity index (χ1n) is 5.97. The molecule has 0 amide bonds. The standard InChI is InChI=1S/C14H15NO3S/c1-3-11-15-12(14(16)17)13(19-11)10-6-4-9(5-7-10)8-18-2/h4-7H,3,8H2,1-2H3,(H,16,17). The van der Waals surface area contributed by atoms with E-state index >= 15 is 0 Å². The molecule has 1 aromatic carbocycles. The molecule has 0 aliphatic heterocycles. The Morgan fingerprint density at radius 1 is 1.37 bits per heavy atom. The first-order valence-corrected chi connectivity index (χ1v) is 6.78. The lowest BCUT2D eigenvalue weighted by molar-refractivity contribution is 0.0692. The highest BCUT2D eigenvalue weighted by atomic mass is 32.1. The summed E-state index contributed by atoms with van der Waals surface area (Å²) in [6.45, 7) is 2.52. The third-order valence-corrected chi connectivity index (χ3v) is 3.95. The molecule has 1 aromatic heterocycles. The third-order valence-electron chi connectivity index (χ3n) is 2.70. The number of nitrogens with zero attached hydrogens (tertiary/aromatic N) is 1.